The van der Waals surface area contributed by atoms with Crippen LogP contribution in [0.3, 0.4) is 0 Å². The highest BCUT2D eigenvalue weighted by Crippen LogP contribution is 2.38. The first-order chi connectivity index (χ1) is 27.5. The number of rotatable bonds is 14. The van der Waals surface area contributed by atoms with E-state index in [0.29, 0.717) is 0 Å². The van der Waals surface area contributed by atoms with E-state index in [-0.39, 0.29) is 0 Å². The van der Waals surface area contributed by atoms with Crippen molar-refractivity contribution in [3.8, 4) is 23.0 Å². The number of nitrogens with zero attached hydrogens (tertiary/aromatic N) is 2. The molecule has 7 rings (SSSR count). The fraction of sp³-hybridized carbons (Fsp3) is 0.0800. The van der Waals surface area contributed by atoms with Crippen molar-refractivity contribution in [1.29, 1.82) is 0 Å². The zero-order valence-corrected chi connectivity index (χ0v) is 32.0. The van der Waals surface area contributed by atoms with Crippen LogP contribution in [-0.2, 0) is 0 Å². The summed E-state index contributed by atoms with van der Waals surface area (Å²) >= 11 is 0. The molecule has 0 heterocycles. The molecule has 0 aromatic heterocycles. The van der Waals surface area contributed by atoms with Crippen LogP contribution < -0.4 is 28.7 Å². The Hall–Kier alpha value is -7.18. The maximum atomic E-state index is 5.41. The van der Waals surface area contributed by atoms with Crippen LogP contribution in [0, 0.1) is 0 Å². The third-order valence-electron chi connectivity index (χ3n) is 9.53. The quantitative estimate of drug-likeness (QED) is 0.104. The minimum Gasteiger partial charge on any atom is -0.497 e. The predicted molar refractivity (Wildman–Crippen MR) is 233 cm³/mol. The minimum absolute atomic E-state index is 0.815. The third kappa shape index (κ3) is 8.78. The van der Waals surface area contributed by atoms with Crippen molar-refractivity contribution in [2.24, 2.45) is 0 Å². The van der Waals surface area contributed by atoms with E-state index in [1.807, 2.05) is 48.5 Å². The molecule has 0 saturated heterocycles. The zero-order valence-electron chi connectivity index (χ0n) is 32.0. The van der Waals surface area contributed by atoms with E-state index in [4.69, 9.17) is 18.9 Å². The van der Waals surface area contributed by atoms with E-state index >= 15 is 0 Å². The van der Waals surface area contributed by atoms with Crippen molar-refractivity contribution in [1.82, 2.24) is 0 Å². The van der Waals surface area contributed by atoms with E-state index in [2.05, 4.69) is 155 Å². The van der Waals surface area contributed by atoms with Gasteiger partial charge in [0.1, 0.15) is 23.0 Å². The second kappa shape index (κ2) is 17.8. The average molecular weight is 737 g/mol. The molecule has 0 fully saturated rings. The standard InChI is InChI=1S/C50H44N2O4/c1-53-47-29-21-43(22-30-47)51(44-23-31-48(54-2)32-24-44)41-17-11-37(12-18-41)9-15-39-7-5-6-8-40(39)16-10-38-13-19-42(20-14-38)52(45-25-33-49(55-3)34-26-45)46-27-35-50(56-4)36-28-46/h5-36H,1-4H3/b15-9+,16-10+. The van der Waals surface area contributed by atoms with Gasteiger partial charge in [0, 0.05) is 34.1 Å². The third-order valence-corrected chi connectivity index (χ3v) is 9.53. The molecular formula is C50H44N2O4. The lowest BCUT2D eigenvalue weighted by molar-refractivity contribution is 0.414. The smallest absolute Gasteiger partial charge is 0.119 e. The second-order valence-corrected chi connectivity index (χ2v) is 12.9. The fourth-order valence-electron chi connectivity index (χ4n) is 6.48. The Bertz CT molecular complexity index is 2100. The van der Waals surface area contributed by atoms with Crippen LogP contribution in [0.5, 0.6) is 23.0 Å². The Morgan fingerprint density at radius 1 is 0.286 bits per heavy atom. The van der Waals surface area contributed by atoms with Gasteiger partial charge in [0.25, 0.3) is 0 Å². The lowest BCUT2D eigenvalue weighted by atomic mass is 10.0. The van der Waals surface area contributed by atoms with Crippen LogP contribution in [0.2, 0.25) is 0 Å². The molecule has 0 spiro atoms. The van der Waals surface area contributed by atoms with E-state index in [0.717, 1.165) is 79.4 Å². The van der Waals surface area contributed by atoms with E-state index < -0.39 is 0 Å². The number of anilines is 6. The van der Waals surface area contributed by atoms with Gasteiger partial charge in [-0.25, -0.2) is 0 Å². The maximum absolute atomic E-state index is 5.41. The van der Waals surface area contributed by atoms with Crippen LogP contribution in [0.4, 0.5) is 34.1 Å². The monoisotopic (exact) mass is 736 g/mol. The molecule has 0 bridgehead atoms. The summed E-state index contributed by atoms with van der Waals surface area (Å²) < 4.78 is 21.7. The van der Waals surface area contributed by atoms with Gasteiger partial charge in [-0.2, -0.15) is 0 Å². The molecule has 0 unspecified atom stereocenters. The van der Waals surface area contributed by atoms with Crippen LogP contribution >= 0.6 is 0 Å². The Morgan fingerprint density at radius 3 is 0.750 bits per heavy atom. The van der Waals surface area contributed by atoms with Crippen LogP contribution in [0.25, 0.3) is 24.3 Å². The van der Waals surface area contributed by atoms with Crippen molar-refractivity contribution >= 4 is 58.4 Å². The van der Waals surface area contributed by atoms with Crippen LogP contribution in [0.1, 0.15) is 22.3 Å². The first-order valence-electron chi connectivity index (χ1n) is 18.4. The average Bonchev–Trinajstić information content (AvgIpc) is 3.27. The van der Waals surface area contributed by atoms with E-state index in [9.17, 15) is 0 Å². The first kappa shape index (κ1) is 37.1. The molecule has 6 heteroatoms. The molecule has 0 radical (unpaired) electrons. The summed E-state index contributed by atoms with van der Waals surface area (Å²) in [4.78, 5) is 4.43. The topological polar surface area (TPSA) is 43.4 Å². The summed E-state index contributed by atoms with van der Waals surface area (Å²) in [7, 11) is 6.72. The molecule has 7 aromatic rings. The molecule has 0 amide bonds. The van der Waals surface area contributed by atoms with Gasteiger partial charge in [-0.3, -0.25) is 0 Å². The Balaban J connectivity index is 1.09. The number of hydrogen-bond donors (Lipinski definition) is 0. The van der Waals surface area contributed by atoms with Gasteiger partial charge in [-0.15, -0.1) is 0 Å². The van der Waals surface area contributed by atoms with Gasteiger partial charge in [-0.05, 0) is 144 Å². The van der Waals surface area contributed by atoms with Gasteiger partial charge < -0.3 is 28.7 Å². The molecule has 0 aliphatic carbocycles. The largest absolute Gasteiger partial charge is 0.497 e. The van der Waals surface area contributed by atoms with Crippen molar-refractivity contribution in [2.45, 2.75) is 0 Å². The van der Waals surface area contributed by atoms with Crippen molar-refractivity contribution < 1.29 is 18.9 Å². The summed E-state index contributed by atoms with van der Waals surface area (Å²) in [6.45, 7) is 0. The molecule has 7 aromatic carbocycles. The van der Waals surface area contributed by atoms with Crippen molar-refractivity contribution in [2.75, 3.05) is 38.2 Å². The minimum atomic E-state index is 0.815. The van der Waals surface area contributed by atoms with Gasteiger partial charge in [0.2, 0.25) is 0 Å². The summed E-state index contributed by atoms with van der Waals surface area (Å²) in [5, 5.41) is 0. The molecular weight excluding hydrogens is 693 g/mol. The highest BCUT2D eigenvalue weighted by Gasteiger charge is 2.14. The van der Waals surface area contributed by atoms with Crippen molar-refractivity contribution in [3.63, 3.8) is 0 Å². The van der Waals surface area contributed by atoms with Gasteiger partial charge >= 0.3 is 0 Å². The van der Waals surface area contributed by atoms with Crippen LogP contribution in [-0.4, -0.2) is 28.4 Å². The highest BCUT2D eigenvalue weighted by atomic mass is 16.5. The molecule has 0 N–H and O–H groups in total. The molecule has 278 valence electrons. The van der Waals surface area contributed by atoms with E-state index in [1.165, 1.54) is 0 Å². The Morgan fingerprint density at radius 2 is 0.518 bits per heavy atom. The molecule has 0 aliphatic heterocycles. The number of methoxy groups -OCH3 is 4. The molecule has 0 saturated carbocycles. The molecule has 6 nitrogen and oxygen atoms in total. The normalized spacial score (nSPS) is 11.1. The zero-order chi connectivity index (χ0) is 38.7. The van der Waals surface area contributed by atoms with Gasteiger partial charge in [0.15, 0.2) is 0 Å². The highest BCUT2D eigenvalue weighted by molar-refractivity contribution is 5.82. The summed E-state index contributed by atoms with van der Waals surface area (Å²) in [6, 6.07) is 57.9. The maximum Gasteiger partial charge on any atom is 0.119 e. The molecule has 0 atom stereocenters. The fourth-order valence-corrected chi connectivity index (χ4v) is 6.48. The lowest BCUT2D eigenvalue weighted by Crippen LogP contribution is -2.09. The van der Waals surface area contributed by atoms with Crippen molar-refractivity contribution in [3.05, 3.63) is 192 Å². The Labute approximate surface area is 329 Å². The summed E-state index contributed by atoms with van der Waals surface area (Å²) in [5.41, 5.74) is 10.7. The first-order valence-corrected chi connectivity index (χ1v) is 18.4. The number of ether oxygens (including phenoxy) is 4. The molecule has 56 heavy (non-hydrogen) atoms. The van der Waals surface area contributed by atoms with E-state index in [1.54, 1.807) is 28.4 Å². The molecule has 0 aliphatic rings. The van der Waals surface area contributed by atoms with Crippen LogP contribution in [0.15, 0.2) is 170 Å². The number of benzene rings is 7. The summed E-state index contributed by atoms with van der Waals surface area (Å²) in [5.74, 6) is 3.26. The Kier molecular flexibility index (Phi) is 11.8. The second-order valence-electron chi connectivity index (χ2n) is 12.9. The number of hydrogen-bond acceptors (Lipinski definition) is 6. The van der Waals surface area contributed by atoms with Gasteiger partial charge in [-0.1, -0.05) is 72.8 Å². The van der Waals surface area contributed by atoms with Gasteiger partial charge in [0.05, 0.1) is 28.4 Å². The SMILES string of the molecule is COc1ccc(N(c2ccc(/C=C/c3ccccc3/C=C/c3ccc(N(c4ccc(OC)cc4)c4ccc(OC)cc4)cc3)cc2)c2ccc(OC)cc2)cc1. The summed E-state index contributed by atoms with van der Waals surface area (Å²) in [6.07, 6.45) is 8.65. The lowest BCUT2D eigenvalue weighted by Gasteiger charge is -2.26. The predicted octanol–water partition coefficient (Wildman–Crippen LogP) is 13.0.